The van der Waals surface area contributed by atoms with Gasteiger partial charge in [0.15, 0.2) is 0 Å². The Bertz CT molecular complexity index is 418. The van der Waals surface area contributed by atoms with Crippen molar-refractivity contribution in [3.05, 3.63) is 30.1 Å². The van der Waals surface area contributed by atoms with E-state index in [0.717, 1.165) is 25.8 Å². The van der Waals surface area contributed by atoms with Crippen LogP contribution in [0.25, 0.3) is 0 Å². The fraction of sp³-hybridized carbons (Fsp3) is 0.667. The van der Waals surface area contributed by atoms with Crippen LogP contribution in [0.1, 0.15) is 43.7 Å². The smallest absolute Gasteiger partial charge is 0.0706 e. The van der Waals surface area contributed by atoms with Gasteiger partial charge >= 0.3 is 0 Å². The van der Waals surface area contributed by atoms with Gasteiger partial charge in [-0.25, -0.2) is 0 Å². The summed E-state index contributed by atoms with van der Waals surface area (Å²) in [6.45, 7) is 0.979. The molecule has 0 radical (unpaired) electrons. The van der Waals surface area contributed by atoms with Crippen molar-refractivity contribution < 1.29 is 5.11 Å². The van der Waals surface area contributed by atoms with Crippen LogP contribution < -0.4 is 0 Å². The molecule has 3 unspecified atom stereocenters. The first kappa shape index (κ1) is 17.7. The maximum Gasteiger partial charge on any atom is 0.0706 e. The minimum absolute atomic E-state index is 0. The predicted octanol–water partition coefficient (Wildman–Crippen LogP) is 3.22. The monoisotopic (exact) mass is 318 g/mol. The van der Waals surface area contributed by atoms with Crippen molar-refractivity contribution in [3.8, 4) is 0 Å². The number of halogens is 2. The van der Waals surface area contributed by atoms with Gasteiger partial charge in [0.25, 0.3) is 0 Å². The Hall–Kier alpha value is -0.350. The Balaban J connectivity index is 0.000001000. The fourth-order valence-electron chi connectivity index (χ4n) is 3.87. The third-order valence-electron chi connectivity index (χ3n) is 4.84. The van der Waals surface area contributed by atoms with Crippen LogP contribution in [-0.4, -0.2) is 34.2 Å². The van der Waals surface area contributed by atoms with Crippen LogP contribution in [0.4, 0.5) is 0 Å². The van der Waals surface area contributed by atoms with Gasteiger partial charge in [-0.1, -0.05) is 18.9 Å². The highest BCUT2D eigenvalue weighted by atomic mass is 35.5. The molecule has 1 aliphatic carbocycles. The highest BCUT2D eigenvalue weighted by Gasteiger charge is 2.47. The van der Waals surface area contributed by atoms with Crippen molar-refractivity contribution in [2.75, 3.05) is 13.6 Å². The van der Waals surface area contributed by atoms with E-state index >= 15 is 0 Å². The van der Waals surface area contributed by atoms with Crippen LogP contribution in [0.3, 0.4) is 0 Å². The molecule has 1 saturated carbocycles. The Morgan fingerprint density at radius 3 is 2.80 bits per heavy atom. The van der Waals surface area contributed by atoms with E-state index < -0.39 is 5.60 Å². The highest BCUT2D eigenvalue weighted by Crippen LogP contribution is 2.48. The number of aromatic nitrogens is 1. The molecule has 0 spiro atoms. The molecule has 0 bridgehead atoms. The molecule has 1 aromatic rings. The molecule has 1 aliphatic heterocycles. The van der Waals surface area contributed by atoms with Crippen LogP contribution in [0.2, 0.25) is 0 Å². The lowest BCUT2D eigenvalue weighted by Gasteiger charge is -2.51. The zero-order valence-corrected chi connectivity index (χ0v) is 13.5. The second-order valence-corrected chi connectivity index (χ2v) is 5.92. The Kier molecular flexibility index (Phi) is 6.26. The van der Waals surface area contributed by atoms with E-state index in [4.69, 9.17) is 0 Å². The van der Waals surface area contributed by atoms with Gasteiger partial charge in [0.1, 0.15) is 0 Å². The highest BCUT2D eigenvalue weighted by molar-refractivity contribution is 5.85. The van der Waals surface area contributed by atoms with Crippen molar-refractivity contribution in [1.82, 2.24) is 9.88 Å². The van der Waals surface area contributed by atoms with Gasteiger partial charge in [-0.05, 0) is 37.9 Å². The zero-order chi connectivity index (χ0) is 12.6. The topological polar surface area (TPSA) is 36.4 Å². The molecular formula is C15H24Cl2N2O. The summed E-state index contributed by atoms with van der Waals surface area (Å²) in [6.07, 6.45) is 9.24. The first-order chi connectivity index (χ1) is 8.71. The lowest BCUT2D eigenvalue weighted by molar-refractivity contribution is -0.118. The number of likely N-dealkylation sites (tertiary alicyclic amines) is 1. The molecule has 5 heteroatoms. The molecule has 3 atom stereocenters. The minimum atomic E-state index is -0.439. The summed E-state index contributed by atoms with van der Waals surface area (Å²) in [5, 5.41) is 10.9. The van der Waals surface area contributed by atoms with E-state index in [1.807, 2.05) is 18.5 Å². The van der Waals surface area contributed by atoms with Crippen LogP contribution in [0.15, 0.2) is 24.5 Å². The zero-order valence-electron chi connectivity index (χ0n) is 11.9. The van der Waals surface area contributed by atoms with Crippen molar-refractivity contribution >= 4 is 24.8 Å². The van der Waals surface area contributed by atoms with Crippen molar-refractivity contribution in [2.24, 2.45) is 5.92 Å². The van der Waals surface area contributed by atoms with E-state index in [9.17, 15) is 5.11 Å². The second-order valence-electron chi connectivity index (χ2n) is 5.92. The molecule has 3 nitrogen and oxygen atoms in total. The molecule has 0 aromatic carbocycles. The molecule has 2 fully saturated rings. The molecule has 2 aliphatic rings. The standard InChI is InChI=1S/C15H22N2O.2ClH/c1-17-10-8-15(18)7-3-2-6-13(15)14(17)12-5-4-9-16-11-12;;/h4-5,9,11,13-14,18H,2-3,6-8,10H2,1H3;2*1H. The van der Waals surface area contributed by atoms with E-state index in [2.05, 4.69) is 23.0 Å². The third kappa shape index (κ3) is 3.11. The molecule has 20 heavy (non-hydrogen) atoms. The fourth-order valence-corrected chi connectivity index (χ4v) is 3.87. The largest absolute Gasteiger partial charge is 0.389 e. The number of aliphatic hydroxyl groups is 1. The molecule has 3 rings (SSSR count). The number of hydrogen-bond donors (Lipinski definition) is 1. The van der Waals surface area contributed by atoms with Gasteiger partial charge in [0.2, 0.25) is 0 Å². The van der Waals surface area contributed by atoms with Crippen molar-refractivity contribution in [1.29, 1.82) is 0 Å². The minimum Gasteiger partial charge on any atom is -0.389 e. The SMILES string of the molecule is CN1CCC2(O)CCCCC2C1c1cccnc1.Cl.Cl. The quantitative estimate of drug-likeness (QED) is 0.863. The number of fused-ring (bicyclic) bond motifs is 1. The summed E-state index contributed by atoms with van der Waals surface area (Å²) in [5.74, 6) is 0.370. The second kappa shape index (κ2) is 7.08. The summed E-state index contributed by atoms with van der Waals surface area (Å²) >= 11 is 0. The third-order valence-corrected chi connectivity index (χ3v) is 4.84. The van der Waals surface area contributed by atoms with Crippen molar-refractivity contribution in [2.45, 2.75) is 43.7 Å². The van der Waals surface area contributed by atoms with E-state index in [0.29, 0.717) is 12.0 Å². The average Bonchev–Trinajstić information content (AvgIpc) is 2.40. The molecule has 0 amide bonds. The van der Waals surface area contributed by atoms with Crippen molar-refractivity contribution in [3.63, 3.8) is 0 Å². The Morgan fingerprint density at radius 2 is 2.10 bits per heavy atom. The van der Waals surface area contributed by atoms with E-state index in [1.165, 1.54) is 18.4 Å². The van der Waals surface area contributed by atoms with Crippen LogP contribution in [0, 0.1) is 5.92 Å². The van der Waals surface area contributed by atoms with Gasteiger partial charge in [-0.2, -0.15) is 0 Å². The molecule has 114 valence electrons. The van der Waals surface area contributed by atoms with Gasteiger partial charge in [0, 0.05) is 30.9 Å². The summed E-state index contributed by atoms with van der Waals surface area (Å²) in [7, 11) is 2.17. The Labute approximate surface area is 133 Å². The van der Waals surface area contributed by atoms with Gasteiger partial charge in [0.05, 0.1) is 5.60 Å². The molecule has 1 saturated heterocycles. The van der Waals surface area contributed by atoms with Gasteiger partial charge < -0.3 is 5.11 Å². The van der Waals surface area contributed by atoms with Gasteiger partial charge in [-0.3, -0.25) is 9.88 Å². The number of rotatable bonds is 1. The first-order valence-corrected chi connectivity index (χ1v) is 7.03. The molecule has 1 N–H and O–H groups in total. The van der Waals surface area contributed by atoms with Crippen LogP contribution >= 0.6 is 24.8 Å². The molecule has 1 aromatic heterocycles. The molecular weight excluding hydrogens is 295 g/mol. The van der Waals surface area contributed by atoms with E-state index in [1.54, 1.807) is 0 Å². The summed E-state index contributed by atoms with van der Waals surface area (Å²) in [5.41, 5.74) is 0.815. The average molecular weight is 319 g/mol. The lowest BCUT2D eigenvalue weighted by atomic mass is 9.66. The van der Waals surface area contributed by atoms with E-state index in [-0.39, 0.29) is 24.8 Å². The summed E-state index contributed by atoms with van der Waals surface area (Å²) in [6, 6.07) is 4.48. The normalized spacial score (nSPS) is 33.5. The maximum atomic E-state index is 10.9. The Morgan fingerprint density at radius 1 is 1.30 bits per heavy atom. The number of pyridine rings is 1. The van der Waals surface area contributed by atoms with Crippen LogP contribution in [0.5, 0.6) is 0 Å². The number of hydrogen-bond acceptors (Lipinski definition) is 3. The number of nitrogens with zero attached hydrogens (tertiary/aromatic N) is 2. The summed E-state index contributed by atoms with van der Waals surface area (Å²) in [4.78, 5) is 6.64. The predicted molar refractivity (Wildman–Crippen MR) is 85.6 cm³/mol. The lowest BCUT2D eigenvalue weighted by Crippen LogP contribution is -2.53. The van der Waals surface area contributed by atoms with Gasteiger partial charge in [-0.15, -0.1) is 24.8 Å². The summed E-state index contributed by atoms with van der Waals surface area (Å²) < 4.78 is 0. The van der Waals surface area contributed by atoms with Crippen LogP contribution in [-0.2, 0) is 0 Å². The first-order valence-electron chi connectivity index (χ1n) is 7.03. The maximum absolute atomic E-state index is 10.9. The molecule has 2 heterocycles. The number of piperidine rings is 1.